The fourth-order valence-electron chi connectivity index (χ4n) is 5.12. The number of halogens is 1. The number of anilines is 2. The molecule has 3 fully saturated rings. The van der Waals surface area contributed by atoms with Crippen LogP contribution in [0.4, 0.5) is 17.2 Å². The SMILES string of the molecule is O=[N+]([O-])c1cc2c(Nc3ccc(OCc4ccccn4)c(Cl)c3)ncnc2cc1C#CC12CCN(CC1)CC2. The van der Waals surface area contributed by atoms with Crippen LogP contribution in [-0.2, 0) is 6.61 Å². The van der Waals surface area contributed by atoms with Crippen molar-refractivity contribution in [2.24, 2.45) is 5.41 Å². The van der Waals surface area contributed by atoms with Gasteiger partial charge in [0.2, 0.25) is 0 Å². The number of aromatic nitrogens is 3. The molecular weight excluding hydrogens is 516 g/mol. The zero-order chi connectivity index (χ0) is 26.8. The minimum absolute atomic E-state index is 0.0529. The number of ether oxygens (including phenoxy) is 1. The molecule has 0 aliphatic carbocycles. The molecule has 4 aromatic rings. The maximum Gasteiger partial charge on any atom is 0.285 e. The number of nitro benzene ring substituents is 1. The minimum Gasteiger partial charge on any atom is -0.486 e. The monoisotopic (exact) mass is 540 g/mol. The van der Waals surface area contributed by atoms with Gasteiger partial charge in [-0.2, -0.15) is 0 Å². The average molecular weight is 541 g/mol. The first kappa shape index (κ1) is 25.0. The number of pyridine rings is 1. The lowest BCUT2D eigenvalue weighted by atomic mass is 9.72. The lowest BCUT2D eigenvalue weighted by Crippen LogP contribution is -2.47. The van der Waals surface area contributed by atoms with Gasteiger partial charge in [-0.25, -0.2) is 9.97 Å². The Morgan fingerprint density at radius 2 is 1.90 bits per heavy atom. The number of nitrogens with zero attached hydrogens (tertiary/aromatic N) is 5. The quantitative estimate of drug-likeness (QED) is 0.187. The van der Waals surface area contributed by atoms with Crippen molar-refractivity contribution in [2.75, 3.05) is 25.0 Å². The molecule has 0 atom stereocenters. The summed E-state index contributed by atoms with van der Waals surface area (Å²) in [5.74, 6) is 7.51. The maximum atomic E-state index is 12.0. The van der Waals surface area contributed by atoms with Gasteiger partial charge < -0.3 is 15.0 Å². The second-order valence-electron chi connectivity index (χ2n) is 9.87. The summed E-state index contributed by atoms with van der Waals surface area (Å²) in [4.78, 5) is 27.0. The fourth-order valence-corrected chi connectivity index (χ4v) is 5.36. The van der Waals surface area contributed by atoms with Crippen LogP contribution in [0.15, 0.2) is 61.1 Å². The Kier molecular flexibility index (Phi) is 6.73. The van der Waals surface area contributed by atoms with Crippen LogP contribution < -0.4 is 10.1 Å². The van der Waals surface area contributed by atoms with Gasteiger partial charge >= 0.3 is 0 Å². The van der Waals surface area contributed by atoms with Crippen molar-refractivity contribution in [3.05, 3.63) is 87.4 Å². The van der Waals surface area contributed by atoms with Gasteiger partial charge in [0, 0.05) is 28.8 Å². The van der Waals surface area contributed by atoms with Gasteiger partial charge in [0.15, 0.2) is 0 Å². The van der Waals surface area contributed by atoms with Gasteiger partial charge in [-0.15, -0.1) is 0 Å². The summed E-state index contributed by atoms with van der Waals surface area (Å²) in [6.07, 6.45) is 6.15. The molecule has 10 heteroatoms. The van der Waals surface area contributed by atoms with Gasteiger partial charge in [0.1, 0.15) is 30.1 Å². The number of rotatable bonds is 6. The molecule has 0 unspecified atom stereocenters. The van der Waals surface area contributed by atoms with E-state index < -0.39 is 4.92 Å². The summed E-state index contributed by atoms with van der Waals surface area (Å²) in [5.41, 5.74) is 2.27. The van der Waals surface area contributed by atoms with Crippen LogP contribution in [0.25, 0.3) is 10.9 Å². The zero-order valence-electron chi connectivity index (χ0n) is 21.1. The summed E-state index contributed by atoms with van der Waals surface area (Å²) in [5, 5.41) is 16.2. The summed E-state index contributed by atoms with van der Waals surface area (Å²) >= 11 is 6.47. The van der Waals surface area contributed by atoms with Crippen molar-refractivity contribution in [2.45, 2.75) is 25.9 Å². The van der Waals surface area contributed by atoms with E-state index in [-0.39, 0.29) is 11.1 Å². The first-order chi connectivity index (χ1) is 19.0. The lowest BCUT2D eigenvalue weighted by molar-refractivity contribution is -0.385. The van der Waals surface area contributed by atoms with E-state index >= 15 is 0 Å². The third-order valence-corrected chi connectivity index (χ3v) is 7.72. The molecule has 9 nitrogen and oxygen atoms in total. The van der Waals surface area contributed by atoms with Crippen molar-refractivity contribution in [3.63, 3.8) is 0 Å². The first-order valence-corrected chi connectivity index (χ1v) is 13.1. The van der Waals surface area contributed by atoms with Crippen LogP contribution >= 0.6 is 11.6 Å². The Morgan fingerprint density at radius 3 is 2.62 bits per heavy atom. The summed E-state index contributed by atoms with van der Waals surface area (Å²) in [7, 11) is 0. The highest BCUT2D eigenvalue weighted by molar-refractivity contribution is 6.32. The van der Waals surface area contributed by atoms with Crippen molar-refractivity contribution in [1.82, 2.24) is 19.9 Å². The number of hydrogen-bond donors (Lipinski definition) is 1. The molecule has 2 aromatic carbocycles. The highest BCUT2D eigenvalue weighted by Gasteiger charge is 2.38. The molecule has 0 radical (unpaired) electrons. The average Bonchev–Trinajstić information content (AvgIpc) is 2.97. The second kappa shape index (κ2) is 10.5. The number of nitro groups is 1. The van der Waals surface area contributed by atoms with Crippen LogP contribution in [0.1, 0.15) is 30.5 Å². The predicted molar refractivity (Wildman–Crippen MR) is 149 cm³/mol. The summed E-state index contributed by atoms with van der Waals surface area (Å²) in [6, 6.07) is 14.1. The molecule has 3 aliphatic rings. The van der Waals surface area contributed by atoms with E-state index in [1.165, 1.54) is 12.4 Å². The molecule has 3 aliphatic heterocycles. The molecular formula is C29H25ClN6O3. The van der Waals surface area contributed by atoms with E-state index in [1.807, 2.05) is 18.2 Å². The largest absolute Gasteiger partial charge is 0.486 e. The molecule has 1 N–H and O–H groups in total. The Bertz CT molecular complexity index is 1600. The summed E-state index contributed by atoms with van der Waals surface area (Å²) in [6.45, 7) is 3.41. The van der Waals surface area contributed by atoms with Crippen LogP contribution in [0, 0.1) is 27.4 Å². The van der Waals surface area contributed by atoms with Crippen molar-refractivity contribution < 1.29 is 9.66 Å². The smallest absolute Gasteiger partial charge is 0.285 e. The molecule has 2 aromatic heterocycles. The van der Waals surface area contributed by atoms with Gasteiger partial charge in [-0.05, 0) is 75.3 Å². The number of fused-ring (bicyclic) bond motifs is 4. The Morgan fingerprint density at radius 1 is 1.08 bits per heavy atom. The normalized spacial score (nSPS) is 19.8. The first-order valence-electron chi connectivity index (χ1n) is 12.8. The number of benzene rings is 2. The Balaban J connectivity index is 1.26. The van der Waals surface area contributed by atoms with E-state index in [4.69, 9.17) is 16.3 Å². The fraction of sp³-hybridized carbons (Fsp3) is 0.276. The van der Waals surface area contributed by atoms with Crippen LogP contribution in [-0.4, -0.2) is 44.4 Å². The van der Waals surface area contributed by atoms with Gasteiger partial charge in [0.05, 0.1) is 21.2 Å². The minimum atomic E-state index is -0.397. The predicted octanol–water partition coefficient (Wildman–Crippen LogP) is 5.75. The molecule has 5 heterocycles. The number of piperidine rings is 3. The maximum absolute atomic E-state index is 12.0. The van der Waals surface area contributed by atoms with Crippen molar-refractivity contribution >= 4 is 39.7 Å². The molecule has 7 rings (SSSR count). The van der Waals surface area contributed by atoms with Gasteiger partial charge in [-0.1, -0.05) is 29.5 Å². The highest BCUT2D eigenvalue weighted by Crippen LogP contribution is 2.40. The molecule has 0 spiro atoms. The van der Waals surface area contributed by atoms with E-state index in [1.54, 1.807) is 30.5 Å². The van der Waals surface area contributed by atoms with E-state index in [9.17, 15) is 10.1 Å². The Labute approximate surface area is 230 Å². The molecule has 3 saturated heterocycles. The van der Waals surface area contributed by atoms with Crippen LogP contribution in [0.3, 0.4) is 0 Å². The van der Waals surface area contributed by atoms with Gasteiger partial charge in [-0.3, -0.25) is 15.1 Å². The van der Waals surface area contributed by atoms with Crippen molar-refractivity contribution in [1.29, 1.82) is 0 Å². The van der Waals surface area contributed by atoms with Gasteiger partial charge in [0.25, 0.3) is 5.69 Å². The highest BCUT2D eigenvalue weighted by atomic mass is 35.5. The van der Waals surface area contributed by atoms with E-state index in [0.717, 1.165) is 44.6 Å². The molecule has 2 bridgehead atoms. The Hall–Kier alpha value is -4.26. The third-order valence-electron chi connectivity index (χ3n) is 7.43. The zero-order valence-corrected chi connectivity index (χ0v) is 21.8. The molecule has 196 valence electrons. The molecule has 39 heavy (non-hydrogen) atoms. The van der Waals surface area contributed by atoms with E-state index in [0.29, 0.717) is 45.4 Å². The topological polar surface area (TPSA) is 106 Å². The van der Waals surface area contributed by atoms with Crippen LogP contribution in [0.5, 0.6) is 5.75 Å². The molecule has 0 saturated carbocycles. The molecule has 0 amide bonds. The lowest BCUT2D eigenvalue weighted by Gasteiger charge is -2.45. The van der Waals surface area contributed by atoms with Crippen molar-refractivity contribution in [3.8, 4) is 17.6 Å². The standard InChI is InChI=1S/C29H25ClN6O3/c30-24-16-21(4-5-27(24)39-18-22-3-1-2-11-31-22)34-28-23-17-26(36(37)38)20(15-25(23)32-19-33-28)6-7-29-8-12-35(13-9-29)14-10-29/h1-5,11,15-17,19H,8-10,12-14,18H2,(H,32,33,34). The van der Waals surface area contributed by atoms with E-state index in [2.05, 4.69) is 37.0 Å². The van der Waals surface area contributed by atoms with Crippen LogP contribution in [0.2, 0.25) is 5.02 Å². The number of nitrogens with one attached hydrogen (secondary N) is 1. The third kappa shape index (κ3) is 5.35. The summed E-state index contributed by atoms with van der Waals surface area (Å²) < 4.78 is 5.80. The number of hydrogen-bond acceptors (Lipinski definition) is 8. The second-order valence-corrected chi connectivity index (χ2v) is 10.3.